The van der Waals surface area contributed by atoms with E-state index in [4.69, 9.17) is 4.74 Å². The van der Waals surface area contributed by atoms with E-state index < -0.39 is 0 Å². The SMILES string of the molecule is CCN(CC(=O)Nc1cccc(OC)c1)CC(=O)NC(c1ccc(C)cc1)c1cccs1. The van der Waals surface area contributed by atoms with E-state index in [0.717, 1.165) is 10.4 Å². The first-order valence-electron chi connectivity index (χ1n) is 10.5. The largest absolute Gasteiger partial charge is 0.497 e. The van der Waals surface area contributed by atoms with Crippen LogP contribution in [0.5, 0.6) is 5.75 Å². The van der Waals surface area contributed by atoms with Crippen molar-refractivity contribution >= 4 is 28.8 Å². The maximum Gasteiger partial charge on any atom is 0.238 e. The van der Waals surface area contributed by atoms with Crippen molar-refractivity contribution in [1.29, 1.82) is 0 Å². The lowest BCUT2D eigenvalue weighted by Gasteiger charge is -2.23. The van der Waals surface area contributed by atoms with Gasteiger partial charge in [0.15, 0.2) is 0 Å². The first kappa shape index (κ1) is 23.5. The van der Waals surface area contributed by atoms with Crippen LogP contribution in [0.4, 0.5) is 5.69 Å². The van der Waals surface area contributed by atoms with Gasteiger partial charge in [-0.3, -0.25) is 14.5 Å². The van der Waals surface area contributed by atoms with E-state index >= 15 is 0 Å². The molecule has 2 amide bonds. The molecule has 6 nitrogen and oxygen atoms in total. The maximum absolute atomic E-state index is 12.9. The zero-order chi connectivity index (χ0) is 22.9. The lowest BCUT2D eigenvalue weighted by Crippen LogP contribution is -2.42. The van der Waals surface area contributed by atoms with Gasteiger partial charge in [-0.2, -0.15) is 0 Å². The molecule has 1 aromatic heterocycles. The average Bonchev–Trinajstić information content (AvgIpc) is 3.32. The molecule has 2 N–H and O–H groups in total. The fourth-order valence-electron chi connectivity index (χ4n) is 3.33. The van der Waals surface area contributed by atoms with Gasteiger partial charge in [0.25, 0.3) is 0 Å². The molecular formula is C25H29N3O3S. The summed E-state index contributed by atoms with van der Waals surface area (Å²) in [6.45, 7) is 4.80. The molecule has 7 heteroatoms. The second-order valence-electron chi connectivity index (χ2n) is 7.51. The normalized spacial score (nSPS) is 11.8. The number of methoxy groups -OCH3 is 1. The predicted octanol–water partition coefficient (Wildman–Crippen LogP) is 4.23. The highest BCUT2D eigenvalue weighted by atomic mass is 32.1. The molecule has 0 saturated heterocycles. The van der Waals surface area contributed by atoms with Crippen molar-refractivity contribution in [3.63, 3.8) is 0 Å². The highest BCUT2D eigenvalue weighted by Crippen LogP contribution is 2.26. The van der Waals surface area contributed by atoms with Gasteiger partial charge in [0.1, 0.15) is 5.75 Å². The highest BCUT2D eigenvalue weighted by Gasteiger charge is 2.20. The van der Waals surface area contributed by atoms with Gasteiger partial charge in [-0.15, -0.1) is 11.3 Å². The lowest BCUT2D eigenvalue weighted by atomic mass is 10.0. The zero-order valence-electron chi connectivity index (χ0n) is 18.6. The first-order valence-corrected chi connectivity index (χ1v) is 11.4. The van der Waals surface area contributed by atoms with Crippen molar-refractivity contribution in [2.45, 2.75) is 19.9 Å². The molecule has 1 atom stereocenters. The predicted molar refractivity (Wildman–Crippen MR) is 129 cm³/mol. The molecule has 0 spiro atoms. The van der Waals surface area contributed by atoms with Crippen LogP contribution in [0.25, 0.3) is 0 Å². The maximum atomic E-state index is 12.9. The van der Waals surface area contributed by atoms with Crippen LogP contribution in [-0.2, 0) is 9.59 Å². The summed E-state index contributed by atoms with van der Waals surface area (Å²) in [5.41, 5.74) is 2.86. The first-order chi connectivity index (χ1) is 15.5. The molecule has 168 valence electrons. The number of benzene rings is 2. The standard InChI is InChI=1S/C25H29N3O3S/c1-4-28(16-23(29)26-20-7-5-8-21(15-20)31-3)17-24(30)27-25(22-9-6-14-32-22)19-12-10-18(2)11-13-19/h5-15,25H,4,16-17H2,1-3H3,(H,26,29)(H,27,30). The number of hydrogen-bond acceptors (Lipinski definition) is 5. The van der Waals surface area contributed by atoms with Crippen molar-refractivity contribution in [3.05, 3.63) is 82.0 Å². The number of amides is 2. The third kappa shape index (κ3) is 6.67. The average molecular weight is 452 g/mol. The zero-order valence-corrected chi connectivity index (χ0v) is 19.4. The number of hydrogen-bond donors (Lipinski definition) is 2. The Hall–Kier alpha value is -3.16. The molecule has 0 aliphatic heterocycles. The summed E-state index contributed by atoms with van der Waals surface area (Å²) in [5.74, 6) is 0.367. The third-order valence-electron chi connectivity index (χ3n) is 5.08. The number of nitrogens with one attached hydrogen (secondary N) is 2. The van der Waals surface area contributed by atoms with Gasteiger partial charge >= 0.3 is 0 Å². The minimum atomic E-state index is -0.215. The van der Waals surface area contributed by atoms with Crippen LogP contribution >= 0.6 is 11.3 Å². The fraction of sp³-hybridized carbons (Fsp3) is 0.280. The summed E-state index contributed by atoms with van der Waals surface area (Å²) in [6.07, 6.45) is 0. The number of nitrogens with zero attached hydrogens (tertiary/aromatic N) is 1. The molecule has 32 heavy (non-hydrogen) atoms. The molecule has 0 bridgehead atoms. The number of likely N-dealkylation sites (N-methyl/N-ethyl adjacent to an activating group) is 1. The molecule has 3 rings (SSSR count). The Morgan fingerprint density at radius 3 is 2.44 bits per heavy atom. The van der Waals surface area contributed by atoms with Crippen LogP contribution in [0, 0.1) is 6.92 Å². The second-order valence-corrected chi connectivity index (χ2v) is 8.49. The second kappa shape index (κ2) is 11.5. The number of carbonyl (C=O) groups is 2. The number of rotatable bonds is 10. The van der Waals surface area contributed by atoms with Crippen LogP contribution in [-0.4, -0.2) is 43.5 Å². The molecule has 0 saturated carbocycles. The Labute approximate surface area is 193 Å². The van der Waals surface area contributed by atoms with Gasteiger partial charge in [-0.1, -0.05) is 48.9 Å². The van der Waals surface area contributed by atoms with Crippen LogP contribution in [0.3, 0.4) is 0 Å². The van der Waals surface area contributed by atoms with Crippen molar-refractivity contribution in [1.82, 2.24) is 10.2 Å². The highest BCUT2D eigenvalue weighted by molar-refractivity contribution is 7.10. The van der Waals surface area contributed by atoms with Crippen LogP contribution in [0.2, 0.25) is 0 Å². The van der Waals surface area contributed by atoms with Gasteiger partial charge in [0.05, 0.1) is 26.2 Å². The topological polar surface area (TPSA) is 70.7 Å². The number of ether oxygens (including phenoxy) is 1. The van der Waals surface area contributed by atoms with Crippen LogP contribution in [0.1, 0.15) is 29.0 Å². The number of aryl methyl sites for hydroxylation is 1. The minimum absolute atomic E-state index is 0.120. The van der Waals surface area contributed by atoms with Gasteiger partial charge in [-0.05, 0) is 42.6 Å². The monoisotopic (exact) mass is 451 g/mol. The van der Waals surface area contributed by atoms with Gasteiger partial charge in [0, 0.05) is 16.6 Å². The van der Waals surface area contributed by atoms with E-state index in [2.05, 4.69) is 10.6 Å². The molecular weight excluding hydrogens is 422 g/mol. The summed E-state index contributed by atoms with van der Waals surface area (Å²) in [7, 11) is 1.58. The molecule has 0 radical (unpaired) electrons. The number of thiophene rings is 1. The smallest absolute Gasteiger partial charge is 0.238 e. The van der Waals surface area contributed by atoms with Gasteiger partial charge < -0.3 is 15.4 Å². The molecule has 0 aliphatic rings. The number of anilines is 1. The molecule has 0 aliphatic carbocycles. The van der Waals surface area contributed by atoms with E-state index in [-0.39, 0.29) is 30.9 Å². The fourth-order valence-corrected chi connectivity index (χ4v) is 4.13. The van der Waals surface area contributed by atoms with E-state index in [0.29, 0.717) is 18.0 Å². The van der Waals surface area contributed by atoms with Crippen molar-refractivity contribution < 1.29 is 14.3 Å². The Bertz CT molecular complexity index is 1020. The Morgan fingerprint density at radius 2 is 1.78 bits per heavy atom. The quantitative estimate of drug-likeness (QED) is 0.484. The minimum Gasteiger partial charge on any atom is -0.497 e. The summed E-state index contributed by atoms with van der Waals surface area (Å²) in [4.78, 5) is 28.3. The molecule has 3 aromatic rings. The molecule has 1 unspecified atom stereocenters. The molecule has 2 aromatic carbocycles. The lowest BCUT2D eigenvalue weighted by molar-refractivity contribution is -0.123. The molecule has 0 fully saturated rings. The third-order valence-corrected chi connectivity index (χ3v) is 6.02. The van der Waals surface area contributed by atoms with Crippen molar-refractivity contribution in [2.75, 3.05) is 32.1 Å². The van der Waals surface area contributed by atoms with Gasteiger partial charge in [0.2, 0.25) is 11.8 Å². The summed E-state index contributed by atoms with van der Waals surface area (Å²) in [6, 6.07) is 19.2. The molecule has 1 heterocycles. The summed E-state index contributed by atoms with van der Waals surface area (Å²) >= 11 is 1.61. The van der Waals surface area contributed by atoms with Gasteiger partial charge in [-0.25, -0.2) is 0 Å². The van der Waals surface area contributed by atoms with Crippen LogP contribution < -0.4 is 15.4 Å². The van der Waals surface area contributed by atoms with Crippen LogP contribution in [0.15, 0.2) is 66.0 Å². The Kier molecular flexibility index (Phi) is 8.41. The van der Waals surface area contributed by atoms with E-state index in [1.54, 1.807) is 30.6 Å². The summed E-state index contributed by atoms with van der Waals surface area (Å²) in [5, 5.41) is 8.00. The van der Waals surface area contributed by atoms with E-state index in [1.165, 1.54) is 5.56 Å². The van der Waals surface area contributed by atoms with Crippen molar-refractivity contribution in [2.24, 2.45) is 0 Å². The van der Waals surface area contributed by atoms with Crippen molar-refractivity contribution in [3.8, 4) is 5.75 Å². The summed E-state index contributed by atoms with van der Waals surface area (Å²) < 4.78 is 5.19. The Morgan fingerprint density at radius 1 is 1.03 bits per heavy atom. The van der Waals surface area contributed by atoms with E-state index in [1.807, 2.05) is 72.7 Å². The number of carbonyl (C=O) groups excluding carboxylic acids is 2. The Balaban J connectivity index is 1.61. The van der Waals surface area contributed by atoms with E-state index in [9.17, 15) is 9.59 Å².